The van der Waals surface area contributed by atoms with Gasteiger partial charge < -0.3 is 19.8 Å². The molecule has 5 heteroatoms. The molecule has 0 atom stereocenters. The number of hydrogen-bond acceptors (Lipinski definition) is 3. The Labute approximate surface area is 81.3 Å². The lowest BCUT2D eigenvalue weighted by atomic mass is 9.86. The van der Waals surface area contributed by atoms with Crippen molar-refractivity contribution in [3.05, 3.63) is 24.3 Å². The van der Waals surface area contributed by atoms with Crippen LogP contribution in [0.1, 0.15) is 0 Å². The van der Waals surface area contributed by atoms with Crippen LogP contribution in [0.3, 0.4) is 0 Å². The molecule has 2 rings (SSSR count). The van der Waals surface area contributed by atoms with Crippen LogP contribution in [0, 0.1) is 0 Å². The second-order valence-corrected chi connectivity index (χ2v) is 3.05. The molecule has 1 aromatic carbocycles. The van der Waals surface area contributed by atoms with Crippen LogP contribution in [0.25, 0.3) is 10.9 Å². The van der Waals surface area contributed by atoms with Crippen molar-refractivity contribution in [1.29, 1.82) is 0 Å². The van der Waals surface area contributed by atoms with Crippen molar-refractivity contribution in [2.45, 2.75) is 0 Å². The fourth-order valence-corrected chi connectivity index (χ4v) is 1.40. The lowest BCUT2D eigenvalue weighted by Gasteiger charge is -1.97. The quantitative estimate of drug-likeness (QED) is 0.578. The first-order valence-electron chi connectivity index (χ1n) is 4.23. The van der Waals surface area contributed by atoms with Gasteiger partial charge in [-0.3, -0.25) is 0 Å². The maximum absolute atomic E-state index is 8.94. The standard InChI is InChI=1S/C9H10BNO3/c1-14-7-2-3-8-6(4-7)5-9(11-8)10(12)13/h2-5,11-13H,1H3. The molecule has 72 valence electrons. The zero-order chi connectivity index (χ0) is 10.1. The number of ether oxygens (including phenoxy) is 1. The largest absolute Gasteiger partial charge is 0.505 e. The van der Waals surface area contributed by atoms with E-state index >= 15 is 0 Å². The van der Waals surface area contributed by atoms with E-state index in [9.17, 15) is 0 Å². The normalized spacial score (nSPS) is 10.5. The highest BCUT2D eigenvalue weighted by Crippen LogP contribution is 2.18. The molecular weight excluding hydrogens is 181 g/mol. The highest BCUT2D eigenvalue weighted by atomic mass is 16.5. The molecule has 0 aliphatic rings. The number of methoxy groups -OCH3 is 1. The van der Waals surface area contributed by atoms with Gasteiger partial charge >= 0.3 is 7.12 Å². The van der Waals surface area contributed by atoms with Crippen molar-refractivity contribution in [2.24, 2.45) is 0 Å². The summed E-state index contributed by atoms with van der Waals surface area (Å²) in [6.07, 6.45) is 0. The summed E-state index contributed by atoms with van der Waals surface area (Å²) in [6, 6.07) is 7.16. The third-order valence-electron chi connectivity index (χ3n) is 2.13. The average Bonchev–Trinajstić information content (AvgIpc) is 2.59. The van der Waals surface area contributed by atoms with Crippen LogP contribution in [-0.4, -0.2) is 29.3 Å². The third kappa shape index (κ3) is 1.47. The summed E-state index contributed by atoms with van der Waals surface area (Å²) in [5.74, 6) is 0.746. The molecule has 14 heavy (non-hydrogen) atoms. The van der Waals surface area contributed by atoms with Gasteiger partial charge in [-0.25, -0.2) is 0 Å². The van der Waals surface area contributed by atoms with Gasteiger partial charge in [-0.05, 0) is 24.3 Å². The van der Waals surface area contributed by atoms with Crippen LogP contribution >= 0.6 is 0 Å². The van der Waals surface area contributed by atoms with Crippen molar-refractivity contribution in [3.8, 4) is 5.75 Å². The Hall–Kier alpha value is -1.46. The monoisotopic (exact) mass is 191 g/mol. The highest BCUT2D eigenvalue weighted by Gasteiger charge is 2.13. The minimum atomic E-state index is -1.46. The second kappa shape index (κ2) is 3.36. The number of hydrogen-bond donors (Lipinski definition) is 3. The van der Waals surface area contributed by atoms with Gasteiger partial charge in [0, 0.05) is 16.5 Å². The molecule has 1 aromatic heterocycles. The van der Waals surface area contributed by atoms with Crippen LogP contribution in [0.15, 0.2) is 24.3 Å². The topological polar surface area (TPSA) is 65.5 Å². The minimum Gasteiger partial charge on any atom is -0.497 e. The first-order valence-corrected chi connectivity index (χ1v) is 4.23. The first kappa shape index (κ1) is 9.11. The Kier molecular flexibility index (Phi) is 2.19. The number of H-pyrrole nitrogens is 1. The van der Waals surface area contributed by atoms with Gasteiger partial charge in [0.1, 0.15) is 5.75 Å². The lowest BCUT2D eigenvalue weighted by molar-refractivity contribution is 0.415. The molecule has 0 bridgehead atoms. The maximum atomic E-state index is 8.94. The molecule has 0 aliphatic heterocycles. The summed E-state index contributed by atoms with van der Waals surface area (Å²) < 4.78 is 5.05. The zero-order valence-corrected chi connectivity index (χ0v) is 7.69. The van der Waals surface area contributed by atoms with Crippen molar-refractivity contribution < 1.29 is 14.8 Å². The number of rotatable bonds is 2. The molecule has 0 aliphatic carbocycles. The predicted molar refractivity (Wildman–Crippen MR) is 54.7 cm³/mol. The van der Waals surface area contributed by atoms with Gasteiger partial charge in [-0.1, -0.05) is 0 Å². The third-order valence-corrected chi connectivity index (χ3v) is 2.13. The van der Waals surface area contributed by atoms with E-state index < -0.39 is 7.12 Å². The van der Waals surface area contributed by atoms with Gasteiger partial charge in [0.2, 0.25) is 0 Å². The van der Waals surface area contributed by atoms with Crippen LogP contribution < -0.4 is 10.3 Å². The smallest absolute Gasteiger partial charge is 0.497 e. The molecule has 4 nitrogen and oxygen atoms in total. The van der Waals surface area contributed by atoms with Crippen molar-refractivity contribution >= 4 is 23.6 Å². The minimum absolute atomic E-state index is 0.383. The van der Waals surface area contributed by atoms with E-state index in [2.05, 4.69) is 4.98 Å². The van der Waals surface area contributed by atoms with Crippen molar-refractivity contribution in [2.75, 3.05) is 7.11 Å². The van der Waals surface area contributed by atoms with Crippen LogP contribution in [0.4, 0.5) is 0 Å². The van der Waals surface area contributed by atoms with Crippen LogP contribution in [0.2, 0.25) is 0 Å². The fraction of sp³-hybridized carbons (Fsp3) is 0.111. The Balaban J connectivity index is 2.54. The van der Waals surface area contributed by atoms with E-state index in [1.165, 1.54) is 0 Å². The Morgan fingerprint density at radius 3 is 2.71 bits per heavy atom. The predicted octanol–water partition coefficient (Wildman–Crippen LogP) is -0.144. The van der Waals surface area contributed by atoms with Gasteiger partial charge in [0.15, 0.2) is 0 Å². The van der Waals surface area contributed by atoms with E-state index in [4.69, 9.17) is 14.8 Å². The average molecular weight is 191 g/mol. The number of nitrogens with one attached hydrogen (secondary N) is 1. The van der Waals surface area contributed by atoms with Crippen LogP contribution in [-0.2, 0) is 0 Å². The molecule has 1 heterocycles. The molecule has 0 amide bonds. The lowest BCUT2D eigenvalue weighted by Crippen LogP contribution is -2.30. The van der Waals surface area contributed by atoms with Gasteiger partial charge in [-0.15, -0.1) is 0 Å². The number of fused-ring (bicyclic) bond motifs is 1. The van der Waals surface area contributed by atoms with Gasteiger partial charge in [0.05, 0.1) is 7.11 Å². The van der Waals surface area contributed by atoms with Gasteiger partial charge in [0.25, 0.3) is 0 Å². The molecule has 0 saturated heterocycles. The Morgan fingerprint density at radius 1 is 1.29 bits per heavy atom. The van der Waals surface area contributed by atoms with E-state index in [-0.39, 0.29) is 0 Å². The maximum Gasteiger partial charge on any atom is 0.505 e. The summed E-state index contributed by atoms with van der Waals surface area (Å²) in [5, 5.41) is 18.8. The van der Waals surface area contributed by atoms with E-state index in [0.29, 0.717) is 5.59 Å². The number of aromatic amines is 1. The fourth-order valence-electron chi connectivity index (χ4n) is 1.40. The van der Waals surface area contributed by atoms with E-state index in [0.717, 1.165) is 16.7 Å². The Bertz CT molecular complexity index is 452. The number of aromatic nitrogens is 1. The summed E-state index contributed by atoms with van der Waals surface area (Å²) in [4.78, 5) is 2.89. The molecule has 0 spiro atoms. The molecule has 2 aromatic rings. The summed E-state index contributed by atoms with van der Waals surface area (Å²) in [7, 11) is 0.128. The molecular formula is C9H10BNO3. The van der Waals surface area contributed by atoms with Crippen molar-refractivity contribution in [1.82, 2.24) is 4.98 Å². The van der Waals surface area contributed by atoms with Crippen molar-refractivity contribution in [3.63, 3.8) is 0 Å². The highest BCUT2D eigenvalue weighted by molar-refractivity contribution is 6.58. The molecule has 0 saturated carbocycles. The molecule has 0 fully saturated rings. The number of benzene rings is 1. The summed E-state index contributed by atoms with van der Waals surface area (Å²) in [5.41, 5.74) is 1.24. The molecule has 0 radical (unpaired) electrons. The van der Waals surface area contributed by atoms with Crippen LogP contribution in [0.5, 0.6) is 5.75 Å². The molecule has 0 unspecified atom stereocenters. The Morgan fingerprint density at radius 2 is 2.07 bits per heavy atom. The second-order valence-electron chi connectivity index (χ2n) is 3.05. The first-order chi connectivity index (χ1) is 6.70. The molecule has 3 N–H and O–H groups in total. The van der Waals surface area contributed by atoms with Gasteiger partial charge in [-0.2, -0.15) is 0 Å². The SMILES string of the molecule is COc1ccc2[nH]c(B(O)O)cc2c1. The summed E-state index contributed by atoms with van der Waals surface area (Å²) >= 11 is 0. The summed E-state index contributed by atoms with van der Waals surface area (Å²) in [6.45, 7) is 0. The van der Waals surface area contributed by atoms with E-state index in [1.807, 2.05) is 18.2 Å². The van der Waals surface area contributed by atoms with E-state index in [1.54, 1.807) is 13.2 Å². The zero-order valence-electron chi connectivity index (χ0n) is 7.69.